The third kappa shape index (κ3) is 2.04. The number of rotatable bonds is 2. The van der Waals surface area contributed by atoms with Gasteiger partial charge in [0.2, 0.25) is 0 Å². The number of benzene rings is 2. The van der Waals surface area contributed by atoms with Crippen LogP contribution in [-0.2, 0) is 7.05 Å². The minimum absolute atomic E-state index is 0.225. The van der Waals surface area contributed by atoms with Crippen molar-refractivity contribution in [1.82, 2.24) is 14.3 Å². The second kappa shape index (κ2) is 4.98. The van der Waals surface area contributed by atoms with E-state index < -0.39 is 0 Å². The Morgan fingerprint density at radius 2 is 1.65 bits per heavy atom. The summed E-state index contributed by atoms with van der Waals surface area (Å²) in [6.07, 6.45) is 0. The molecule has 1 heterocycles. The minimum Gasteiger partial charge on any atom is -0.278 e. The highest BCUT2D eigenvalue weighted by atomic mass is 35.5. The van der Waals surface area contributed by atoms with Gasteiger partial charge < -0.3 is 0 Å². The molecule has 0 amide bonds. The second-order valence-electron chi connectivity index (χ2n) is 4.39. The molecule has 0 aliphatic rings. The lowest BCUT2D eigenvalue weighted by Crippen LogP contribution is -2.21. The van der Waals surface area contributed by atoms with Crippen molar-refractivity contribution in [1.29, 1.82) is 0 Å². The van der Waals surface area contributed by atoms with Gasteiger partial charge in [-0.25, -0.2) is 4.79 Å². The van der Waals surface area contributed by atoms with E-state index in [0.29, 0.717) is 16.5 Å². The van der Waals surface area contributed by atoms with Crippen LogP contribution in [0.15, 0.2) is 59.4 Å². The van der Waals surface area contributed by atoms with Gasteiger partial charge in [0.05, 0.1) is 10.7 Å². The van der Waals surface area contributed by atoms with Crippen LogP contribution in [0.5, 0.6) is 0 Å². The van der Waals surface area contributed by atoms with Gasteiger partial charge in [-0.2, -0.15) is 4.68 Å². The monoisotopic (exact) mass is 285 g/mol. The van der Waals surface area contributed by atoms with Gasteiger partial charge in [0.1, 0.15) is 0 Å². The zero-order valence-electron chi connectivity index (χ0n) is 10.8. The summed E-state index contributed by atoms with van der Waals surface area (Å²) in [6, 6.07) is 16.7. The number of nitrogens with zero attached hydrogens (tertiary/aromatic N) is 3. The van der Waals surface area contributed by atoms with E-state index in [2.05, 4.69) is 5.10 Å². The Bertz CT molecular complexity index is 805. The van der Waals surface area contributed by atoms with Crippen molar-refractivity contribution in [2.24, 2.45) is 7.05 Å². The average molecular weight is 286 g/mol. The quantitative estimate of drug-likeness (QED) is 0.726. The molecule has 0 spiro atoms. The molecule has 4 nitrogen and oxygen atoms in total. The summed E-state index contributed by atoms with van der Waals surface area (Å²) in [6.45, 7) is 0. The Morgan fingerprint density at radius 3 is 2.35 bits per heavy atom. The second-order valence-corrected chi connectivity index (χ2v) is 4.80. The molecule has 0 saturated carbocycles. The van der Waals surface area contributed by atoms with Crippen LogP contribution in [0.25, 0.3) is 17.1 Å². The summed E-state index contributed by atoms with van der Waals surface area (Å²) in [5, 5.41) is 4.89. The van der Waals surface area contributed by atoms with Crippen LogP contribution >= 0.6 is 11.6 Å². The van der Waals surface area contributed by atoms with Gasteiger partial charge >= 0.3 is 5.69 Å². The van der Waals surface area contributed by atoms with Gasteiger partial charge in [-0.15, -0.1) is 5.10 Å². The first-order valence-corrected chi connectivity index (χ1v) is 6.52. The normalized spacial score (nSPS) is 10.7. The fourth-order valence-electron chi connectivity index (χ4n) is 2.06. The molecule has 100 valence electrons. The van der Waals surface area contributed by atoms with Crippen molar-refractivity contribution in [3.63, 3.8) is 0 Å². The SMILES string of the molecule is Cn1c(-c2ccccc2)nn(-c2ccccc2Cl)c1=O. The molecule has 5 heteroatoms. The van der Waals surface area contributed by atoms with Gasteiger partial charge in [0.15, 0.2) is 5.82 Å². The van der Waals surface area contributed by atoms with Crippen molar-refractivity contribution in [3.8, 4) is 17.1 Å². The Morgan fingerprint density at radius 1 is 1.00 bits per heavy atom. The molecule has 0 N–H and O–H groups in total. The van der Waals surface area contributed by atoms with Crippen molar-refractivity contribution in [3.05, 3.63) is 70.1 Å². The Labute approximate surface area is 120 Å². The molecule has 0 fully saturated rings. The van der Waals surface area contributed by atoms with Gasteiger partial charge in [-0.3, -0.25) is 4.57 Å². The highest BCUT2D eigenvalue weighted by Gasteiger charge is 2.14. The van der Waals surface area contributed by atoms with Crippen LogP contribution in [0.4, 0.5) is 0 Å². The Hall–Kier alpha value is -2.33. The van der Waals surface area contributed by atoms with Gasteiger partial charge in [0, 0.05) is 12.6 Å². The van der Waals surface area contributed by atoms with E-state index >= 15 is 0 Å². The van der Waals surface area contributed by atoms with Crippen LogP contribution in [0.1, 0.15) is 0 Å². The Balaban J connectivity index is 2.22. The maximum absolute atomic E-state index is 12.3. The van der Waals surface area contributed by atoms with E-state index in [1.54, 1.807) is 19.2 Å². The molecule has 3 rings (SSSR count). The zero-order valence-corrected chi connectivity index (χ0v) is 11.6. The van der Waals surface area contributed by atoms with Crippen molar-refractivity contribution < 1.29 is 0 Å². The number of hydrogen-bond acceptors (Lipinski definition) is 2. The predicted octanol–water partition coefficient (Wildman–Crippen LogP) is 2.89. The molecule has 0 atom stereocenters. The van der Waals surface area contributed by atoms with Crippen LogP contribution < -0.4 is 5.69 Å². The lowest BCUT2D eigenvalue weighted by atomic mass is 10.2. The molecule has 0 unspecified atom stereocenters. The molecule has 0 aliphatic heterocycles. The van der Waals surface area contributed by atoms with E-state index in [1.165, 1.54) is 9.25 Å². The minimum atomic E-state index is -0.225. The third-order valence-electron chi connectivity index (χ3n) is 3.09. The molecule has 0 bridgehead atoms. The first-order chi connectivity index (χ1) is 9.68. The fourth-order valence-corrected chi connectivity index (χ4v) is 2.27. The zero-order chi connectivity index (χ0) is 14.1. The summed E-state index contributed by atoms with van der Waals surface area (Å²) >= 11 is 6.13. The highest BCUT2D eigenvalue weighted by molar-refractivity contribution is 6.32. The van der Waals surface area contributed by atoms with Gasteiger partial charge in [-0.1, -0.05) is 54.1 Å². The number of halogens is 1. The average Bonchev–Trinajstić information content (AvgIpc) is 2.77. The lowest BCUT2D eigenvalue weighted by molar-refractivity contribution is 0.799. The molecular formula is C15H12ClN3O. The van der Waals surface area contributed by atoms with E-state index in [9.17, 15) is 4.79 Å². The molecule has 0 saturated heterocycles. The van der Waals surface area contributed by atoms with Crippen molar-refractivity contribution in [2.75, 3.05) is 0 Å². The van der Waals surface area contributed by atoms with E-state index in [4.69, 9.17) is 11.6 Å². The maximum atomic E-state index is 12.3. The first kappa shape index (κ1) is 12.7. The number of aromatic nitrogens is 3. The predicted molar refractivity (Wildman–Crippen MR) is 79.3 cm³/mol. The van der Waals surface area contributed by atoms with Crippen LogP contribution in [0.2, 0.25) is 5.02 Å². The van der Waals surface area contributed by atoms with Crippen molar-refractivity contribution >= 4 is 11.6 Å². The largest absolute Gasteiger partial charge is 0.350 e. The molecule has 20 heavy (non-hydrogen) atoms. The molecule has 3 aromatic rings. The molecule has 2 aromatic carbocycles. The van der Waals surface area contributed by atoms with E-state index in [1.807, 2.05) is 42.5 Å². The Kier molecular flexibility index (Phi) is 3.16. The van der Waals surface area contributed by atoms with Crippen LogP contribution in [-0.4, -0.2) is 14.3 Å². The summed E-state index contributed by atoms with van der Waals surface area (Å²) in [5.74, 6) is 0.607. The molecular weight excluding hydrogens is 274 g/mol. The third-order valence-corrected chi connectivity index (χ3v) is 3.41. The standard InChI is InChI=1S/C15H12ClN3O/c1-18-14(11-7-3-2-4-8-11)17-19(15(18)20)13-10-6-5-9-12(13)16/h2-10H,1H3. The number of para-hydroxylation sites is 1. The van der Waals surface area contributed by atoms with Gasteiger partial charge in [0.25, 0.3) is 0 Å². The first-order valence-electron chi connectivity index (χ1n) is 6.15. The summed E-state index contributed by atoms with van der Waals surface area (Å²) in [5.41, 5.74) is 1.24. The van der Waals surface area contributed by atoms with Crippen molar-refractivity contribution in [2.45, 2.75) is 0 Å². The molecule has 0 radical (unpaired) electrons. The molecule has 0 aliphatic carbocycles. The smallest absolute Gasteiger partial charge is 0.278 e. The fraction of sp³-hybridized carbons (Fsp3) is 0.0667. The topological polar surface area (TPSA) is 39.8 Å². The number of hydrogen-bond donors (Lipinski definition) is 0. The lowest BCUT2D eigenvalue weighted by Gasteiger charge is -2.01. The summed E-state index contributed by atoms with van der Waals surface area (Å²) in [7, 11) is 1.70. The maximum Gasteiger partial charge on any atom is 0.350 e. The van der Waals surface area contributed by atoms with E-state index in [0.717, 1.165) is 5.56 Å². The highest BCUT2D eigenvalue weighted by Crippen LogP contribution is 2.20. The van der Waals surface area contributed by atoms with Gasteiger partial charge in [-0.05, 0) is 12.1 Å². The van der Waals surface area contributed by atoms with Crippen LogP contribution in [0, 0.1) is 0 Å². The summed E-state index contributed by atoms with van der Waals surface area (Å²) in [4.78, 5) is 12.3. The van der Waals surface area contributed by atoms with E-state index in [-0.39, 0.29) is 5.69 Å². The molecule has 1 aromatic heterocycles. The summed E-state index contributed by atoms with van der Waals surface area (Å²) < 4.78 is 2.84. The van der Waals surface area contributed by atoms with Crippen LogP contribution in [0.3, 0.4) is 0 Å².